The minimum absolute atomic E-state index is 0.0371. The van der Waals surface area contributed by atoms with E-state index in [1.807, 2.05) is 13.0 Å². The summed E-state index contributed by atoms with van der Waals surface area (Å²) in [6, 6.07) is 0. The van der Waals surface area contributed by atoms with Gasteiger partial charge < -0.3 is 0 Å². The van der Waals surface area contributed by atoms with E-state index in [0.29, 0.717) is 18.8 Å². The first kappa shape index (κ1) is 14.1. The molecule has 3 heteroatoms. The van der Waals surface area contributed by atoms with Crippen LogP contribution in [0.15, 0.2) is 23.8 Å². The van der Waals surface area contributed by atoms with Crippen LogP contribution < -0.4 is 0 Å². The van der Waals surface area contributed by atoms with Crippen LogP contribution in [0.2, 0.25) is 0 Å². The first-order valence-electron chi connectivity index (χ1n) is 8.36. The van der Waals surface area contributed by atoms with Crippen LogP contribution in [0.1, 0.15) is 46.0 Å². The predicted molar refractivity (Wildman–Crippen MR) is 82.0 cm³/mol. The maximum Gasteiger partial charge on any atom is 0.178 e. The third-order valence-corrected chi connectivity index (χ3v) is 6.97. The number of hydrogen-bond acceptors (Lipinski definition) is 3. The number of rotatable bonds is 0. The van der Waals surface area contributed by atoms with Gasteiger partial charge in [-0.05, 0) is 43.3 Å². The Morgan fingerprint density at radius 3 is 2.64 bits per heavy atom. The second-order valence-electron chi connectivity index (χ2n) is 8.00. The van der Waals surface area contributed by atoms with E-state index in [0.717, 1.165) is 24.8 Å². The average molecular weight is 298 g/mol. The molecule has 0 aromatic rings. The molecule has 4 aliphatic carbocycles. The van der Waals surface area contributed by atoms with Crippen molar-refractivity contribution in [3.63, 3.8) is 0 Å². The van der Waals surface area contributed by atoms with Crippen LogP contribution in [0.5, 0.6) is 0 Å². The monoisotopic (exact) mass is 298 g/mol. The summed E-state index contributed by atoms with van der Waals surface area (Å²) in [5.74, 6) is 1.12. The lowest BCUT2D eigenvalue weighted by Crippen LogP contribution is -2.54. The van der Waals surface area contributed by atoms with Gasteiger partial charge in [-0.3, -0.25) is 14.4 Å². The van der Waals surface area contributed by atoms with E-state index in [2.05, 4.69) is 6.92 Å². The van der Waals surface area contributed by atoms with Crippen molar-refractivity contribution in [2.75, 3.05) is 0 Å². The molecule has 5 atom stereocenters. The van der Waals surface area contributed by atoms with Gasteiger partial charge in [0.05, 0.1) is 0 Å². The van der Waals surface area contributed by atoms with Gasteiger partial charge in [-0.2, -0.15) is 0 Å². The largest absolute Gasteiger partial charge is 0.299 e. The minimum atomic E-state index is -0.427. The highest BCUT2D eigenvalue weighted by molar-refractivity contribution is 6.02. The first-order valence-corrected chi connectivity index (χ1v) is 8.36. The number of allylic oxidation sites excluding steroid dienone is 4. The van der Waals surface area contributed by atoms with Crippen molar-refractivity contribution in [1.82, 2.24) is 0 Å². The second kappa shape index (κ2) is 4.27. The lowest BCUT2D eigenvalue weighted by Gasteiger charge is -2.54. The van der Waals surface area contributed by atoms with Gasteiger partial charge in [0.15, 0.2) is 5.78 Å². The van der Waals surface area contributed by atoms with Crippen LogP contribution >= 0.6 is 0 Å². The summed E-state index contributed by atoms with van der Waals surface area (Å²) in [6.07, 6.45) is 9.08. The Balaban J connectivity index is 1.79. The zero-order valence-corrected chi connectivity index (χ0v) is 13.2. The summed E-state index contributed by atoms with van der Waals surface area (Å²) in [4.78, 5) is 37.0. The van der Waals surface area contributed by atoms with Crippen LogP contribution in [-0.2, 0) is 14.4 Å². The van der Waals surface area contributed by atoms with Crippen molar-refractivity contribution in [2.24, 2.45) is 28.6 Å². The molecule has 3 nitrogen and oxygen atoms in total. The maximum absolute atomic E-state index is 13.0. The van der Waals surface area contributed by atoms with Crippen molar-refractivity contribution in [2.45, 2.75) is 46.0 Å². The van der Waals surface area contributed by atoms with Crippen LogP contribution in [0.25, 0.3) is 0 Å². The second-order valence-corrected chi connectivity index (χ2v) is 8.00. The van der Waals surface area contributed by atoms with Crippen LogP contribution in [0, 0.1) is 28.6 Å². The molecule has 0 aromatic heterocycles. The molecule has 3 unspecified atom stereocenters. The summed E-state index contributed by atoms with van der Waals surface area (Å²) >= 11 is 0. The lowest BCUT2D eigenvalue weighted by atomic mass is 9.48. The van der Waals surface area contributed by atoms with Crippen molar-refractivity contribution in [3.8, 4) is 0 Å². The van der Waals surface area contributed by atoms with Gasteiger partial charge >= 0.3 is 0 Å². The zero-order chi connectivity index (χ0) is 15.7. The Morgan fingerprint density at radius 1 is 1.09 bits per heavy atom. The summed E-state index contributed by atoms with van der Waals surface area (Å²) in [7, 11) is 0. The van der Waals surface area contributed by atoms with E-state index < -0.39 is 5.41 Å². The highest BCUT2D eigenvalue weighted by Crippen LogP contribution is 2.62. The fraction of sp³-hybridized carbons (Fsp3) is 0.632. The normalized spacial score (nSPS) is 46.9. The van der Waals surface area contributed by atoms with E-state index in [9.17, 15) is 14.4 Å². The molecule has 3 saturated carbocycles. The molecule has 116 valence electrons. The molecule has 0 N–H and O–H groups in total. The number of ketones is 3. The van der Waals surface area contributed by atoms with Crippen molar-refractivity contribution < 1.29 is 14.4 Å². The van der Waals surface area contributed by atoms with Gasteiger partial charge in [-0.25, -0.2) is 0 Å². The minimum Gasteiger partial charge on any atom is -0.299 e. The number of carbonyl (C=O) groups excluding carboxylic acids is 3. The fourth-order valence-corrected chi connectivity index (χ4v) is 5.81. The average Bonchev–Trinajstić information content (AvgIpc) is 2.75. The highest BCUT2D eigenvalue weighted by atomic mass is 16.1. The first-order chi connectivity index (χ1) is 10.4. The molecule has 4 rings (SSSR count). The molecular formula is C19H22O3. The highest BCUT2D eigenvalue weighted by Gasteiger charge is 2.61. The Labute approximate surface area is 130 Å². The number of Topliss-reactive ketones (excluding diaryl/α,β-unsaturated/α-hetero) is 2. The van der Waals surface area contributed by atoms with Crippen molar-refractivity contribution in [3.05, 3.63) is 23.8 Å². The van der Waals surface area contributed by atoms with Gasteiger partial charge in [-0.15, -0.1) is 0 Å². The van der Waals surface area contributed by atoms with E-state index in [1.165, 1.54) is 0 Å². The summed E-state index contributed by atoms with van der Waals surface area (Å²) < 4.78 is 0. The molecule has 0 saturated heterocycles. The van der Waals surface area contributed by atoms with Gasteiger partial charge in [0.1, 0.15) is 11.6 Å². The number of carbonyl (C=O) groups is 3. The maximum atomic E-state index is 13.0. The third-order valence-electron chi connectivity index (χ3n) is 6.97. The SMILES string of the molecule is CC12C=CC(=O)C=C1CCC1[C@@H]2C(=O)CC2(C)C(=O)CC[C@@H]12. The van der Waals surface area contributed by atoms with E-state index in [-0.39, 0.29) is 34.6 Å². The van der Waals surface area contributed by atoms with E-state index in [1.54, 1.807) is 12.2 Å². The Kier molecular flexibility index (Phi) is 2.74. The molecule has 0 heterocycles. The molecule has 22 heavy (non-hydrogen) atoms. The number of hydrogen-bond donors (Lipinski definition) is 0. The van der Waals surface area contributed by atoms with Gasteiger partial charge in [0.2, 0.25) is 0 Å². The van der Waals surface area contributed by atoms with Crippen molar-refractivity contribution >= 4 is 17.3 Å². The zero-order valence-electron chi connectivity index (χ0n) is 13.2. The van der Waals surface area contributed by atoms with Gasteiger partial charge in [0.25, 0.3) is 0 Å². The molecule has 3 fully saturated rings. The van der Waals surface area contributed by atoms with Gasteiger partial charge in [-0.1, -0.05) is 25.5 Å². The standard InChI is InChI=1S/C19H22O3/c1-18-8-7-12(20)9-11(18)3-4-13-14-5-6-16(22)19(14,2)10-15(21)17(13)18/h7-9,13-14,17H,3-6,10H2,1-2H3/t13?,14-,17+,18?,19?/m0/s1. The van der Waals surface area contributed by atoms with Gasteiger partial charge in [0, 0.05) is 29.6 Å². The Morgan fingerprint density at radius 2 is 1.86 bits per heavy atom. The smallest absolute Gasteiger partial charge is 0.178 e. The summed E-state index contributed by atoms with van der Waals surface area (Å²) in [5.41, 5.74) is 0.368. The molecular weight excluding hydrogens is 276 g/mol. The van der Waals surface area contributed by atoms with Crippen LogP contribution in [0.3, 0.4) is 0 Å². The van der Waals surface area contributed by atoms with Crippen LogP contribution in [-0.4, -0.2) is 17.3 Å². The third kappa shape index (κ3) is 1.60. The van der Waals surface area contributed by atoms with E-state index in [4.69, 9.17) is 0 Å². The molecule has 0 radical (unpaired) electrons. The molecule has 0 aromatic carbocycles. The molecule has 0 bridgehead atoms. The van der Waals surface area contributed by atoms with E-state index >= 15 is 0 Å². The fourth-order valence-electron chi connectivity index (χ4n) is 5.81. The summed E-state index contributed by atoms with van der Waals surface area (Å²) in [6.45, 7) is 4.12. The molecule has 4 aliphatic rings. The van der Waals surface area contributed by atoms with Crippen molar-refractivity contribution in [1.29, 1.82) is 0 Å². The summed E-state index contributed by atoms with van der Waals surface area (Å²) in [5, 5.41) is 0. The van der Waals surface area contributed by atoms with Crippen LogP contribution in [0.4, 0.5) is 0 Å². The Bertz CT molecular complexity index is 656. The lowest BCUT2D eigenvalue weighted by molar-refractivity contribution is -0.147. The molecule has 0 amide bonds. The predicted octanol–water partition coefficient (Wildman–Crippen LogP) is 3.04. The Hall–Kier alpha value is -1.51. The topological polar surface area (TPSA) is 51.2 Å². The quantitative estimate of drug-likeness (QED) is 0.690. The molecule has 0 spiro atoms. The number of fused-ring (bicyclic) bond motifs is 5. The molecule has 0 aliphatic heterocycles.